The van der Waals surface area contributed by atoms with E-state index in [0.717, 1.165) is 17.0 Å². The van der Waals surface area contributed by atoms with Crippen LogP contribution in [0.4, 0.5) is 0 Å². The number of hydrogen-bond acceptors (Lipinski definition) is 4. The first-order valence-electron chi connectivity index (χ1n) is 5.23. The minimum Gasteiger partial charge on any atom is -0.387 e. The third kappa shape index (κ3) is 1.68. The molecule has 0 aliphatic carbocycles. The number of fused-ring (bicyclic) bond motifs is 1. The van der Waals surface area contributed by atoms with Gasteiger partial charge in [0.2, 0.25) is 0 Å². The summed E-state index contributed by atoms with van der Waals surface area (Å²) in [6, 6.07) is 1.52. The van der Waals surface area contributed by atoms with Gasteiger partial charge in [0.25, 0.3) is 0 Å². The minimum atomic E-state index is -0.695. The fourth-order valence-corrected chi connectivity index (χ4v) is 1.67. The van der Waals surface area contributed by atoms with Crippen molar-refractivity contribution in [2.45, 2.75) is 26.0 Å². The van der Waals surface area contributed by atoms with Crippen LogP contribution in [0.1, 0.15) is 24.4 Å². The molecule has 5 heteroatoms. The summed E-state index contributed by atoms with van der Waals surface area (Å²) >= 11 is 0. The molecule has 2 heterocycles. The van der Waals surface area contributed by atoms with Crippen molar-refractivity contribution in [3.05, 3.63) is 23.7 Å². The van der Waals surface area contributed by atoms with Crippen LogP contribution in [0.15, 0.2) is 12.3 Å². The maximum atomic E-state index is 9.83. The molecule has 2 aromatic heterocycles. The van der Waals surface area contributed by atoms with Gasteiger partial charge in [-0.05, 0) is 19.9 Å². The van der Waals surface area contributed by atoms with Crippen molar-refractivity contribution < 1.29 is 5.11 Å². The monoisotopic (exact) mass is 220 g/mol. The van der Waals surface area contributed by atoms with Gasteiger partial charge >= 0.3 is 0 Å². The predicted octanol–water partition coefficient (Wildman–Crippen LogP) is 0.657. The minimum absolute atomic E-state index is 0.316. The lowest BCUT2D eigenvalue weighted by atomic mass is 10.1. The zero-order valence-electron chi connectivity index (χ0n) is 9.68. The van der Waals surface area contributed by atoms with Crippen LogP contribution in [0.25, 0.3) is 11.2 Å². The summed E-state index contributed by atoms with van der Waals surface area (Å²) in [4.78, 5) is 8.65. The van der Waals surface area contributed by atoms with Gasteiger partial charge in [-0.2, -0.15) is 0 Å². The molecule has 86 valence electrons. The number of aliphatic hydroxyl groups is 1. The topological polar surface area (TPSA) is 77.0 Å². The van der Waals surface area contributed by atoms with Gasteiger partial charge in [0.05, 0.1) is 6.10 Å². The number of pyridine rings is 1. The molecule has 0 aromatic carbocycles. The fourth-order valence-electron chi connectivity index (χ4n) is 1.67. The quantitative estimate of drug-likeness (QED) is 0.779. The summed E-state index contributed by atoms with van der Waals surface area (Å²) in [5, 5.41) is 9.83. The van der Waals surface area contributed by atoms with Crippen LogP contribution in [0.3, 0.4) is 0 Å². The van der Waals surface area contributed by atoms with Crippen molar-refractivity contribution >= 4 is 11.2 Å². The second kappa shape index (κ2) is 3.84. The summed E-state index contributed by atoms with van der Waals surface area (Å²) in [5.41, 5.74) is 7.96. The molecular formula is C11H16N4O. The molecule has 0 saturated carbocycles. The van der Waals surface area contributed by atoms with E-state index in [0.29, 0.717) is 5.56 Å². The highest BCUT2D eigenvalue weighted by molar-refractivity contribution is 5.72. The van der Waals surface area contributed by atoms with Crippen LogP contribution < -0.4 is 5.73 Å². The Bertz CT molecular complexity index is 518. The number of aromatic nitrogens is 3. The maximum Gasteiger partial charge on any atom is 0.159 e. The SMILES string of the molecule is Cc1nc2cc(C(O)C(C)N)cnc2n1C. The number of nitrogens with two attached hydrogens (primary N) is 1. The van der Waals surface area contributed by atoms with Crippen molar-refractivity contribution in [3.63, 3.8) is 0 Å². The Labute approximate surface area is 93.9 Å². The first-order chi connectivity index (χ1) is 7.50. The number of hydrogen-bond donors (Lipinski definition) is 2. The molecule has 0 fully saturated rings. The van der Waals surface area contributed by atoms with Gasteiger partial charge in [-0.3, -0.25) is 0 Å². The molecule has 0 bridgehead atoms. The highest BCUT2D eigenvalue weighted by atomic mass is 16.3. The zero-order chi connectivity index (χ0) is 11.9. The van der Waals surface area contributed by atoms with Crippen LogP contribution in [0, 0.1) is 6.92 Å². The molecular weight excluding hydrogens is 204 g/mol. The smallest absolute Gasteiger partial charge is 0.159 e. The third-order valence-electron chi connectivity index (χ3n) is 2.79. The average Bonchev–Trinajstić information content (AvgIpc) is 2.53. The molecule has 2 aromatic rings. The van der Waals surface area contributed by atoms with E-state index in [-0.39, 0.29) is 6.04 Å². The number of rotatable bonds is 2. The molecule has 0 aliphatic heterocycles. The van der Waals surface area contributed by atoms with Crippen LogP contribution in [0.2, 0.25) is 0 Å². The van der Waals surface area contributed by atoms with E-state index in [1.165, 1.54) is 0 Å². The summed E-state index contributed by atoms with van der Waals surface area (Å²) in [6.45, 7) is 3.68. The first kappa shape index (κ1) is 11.0. The Balaban J connectivity index is 2.52. The summed E-state index contributed by atoms with van der Waals surface area (Å²) in [6.07, 6.45) is 0.955. The molecule has 0 radical (unpaired) electrons. The van der Waals surface area contributed by atoms with Crippen LogP contribution in [-0.4, -0.2) is 25.7 Å². The van der Waals surface area contributed by atoms with E-state index in [9.17, 15) is 5.11 Å². The number of imidazole rings is 1. The highest BCUT2D eigenvalue weighted by Crippen LogP contribution is 2.19. The van der Waals surface area contributed by atoms with E-state index < -0.39 is 6.10 Å². The second-order valence-electron chi connectivity index (χ2n) is 4.13. The standard InChI is InChI=1S/C11H16N4O/c1-6(12)10(16)8-4-9-11(13-5-8)15(3)7(2)14-9/h4-6,10,16H,12H2,1-3H3. The lowest BCUT2D eigenvalue weighted by Crippen LogP contribution is -2.24. The lowest BCUT2D eigenvalue weighted by Gasteiger charge is -2.13. The molecule has 16 heavy (non-hydrogen) atoms. The zero-order valence-corrected chi connectivity index (χ0v) is 9.68. The Hall–Kier alpha value is -1.46. The Kier molecular flexibility index (Phi) is 2.65. The maximum absolute atomic E-state index is 9.83. The second-order valence-corrected chi connectivity index (χ2v) is 4.13. The van der Waals surface area contributed by atoms with Gasteiger partial charge in [-0.15, -0.1) is 0 Å². The molecule has 0 aliphatic rings. The van der Waals surface area contributed by atoms with Gasteiger partial charge in [-0.1, -0.05) is 0 Å². The number of nitrogens with zero attached hydrogens (tertiary/aromatic N) is 3. The molecule has 0 spiro atoms. The van der Waals surface area contributed by atoms with E-state index in [1.54, 1.807) is 13.1 Å². The predicted molar refractivity (Wildman–Crippen MR) is 61.9 cm³/mol. The van der Waals surface area contributed by atoms with Gasteiger partial charge in [-0.25, -0.2) is 9.97 Å². The third-order valence-corrected chi connectivity index (χ3v) is 2.79. The van der Waals surface area contributed by atoms with Crippen LogP contribution in [0.5, 0.6) is 0 Å². The molecule has 0 amide bonds. The number of aliphatic hydroxyl groups excluding tert-OH is 1. The molecule has 2 rings (SSSR count). The van der Waals surface area contributed by atoms with Gasteiger partial charge < -0.3 is 15.4 Å². The molecule has 2 unspecified atom stereocenters. The van der Waals surface area contributed by atoms with Crippen LogP contribution >= 0.6 is 0 Å². The molecule has 3 N–H and O–H groups in total. The normalized spacial score (nSPS) is 15.3. The lowest BCUT2D eigenvalue weighted by molar-refractivity contribution is 0.153. The highest BCUT2D eigenvalue weighted by Gasteiger charge is 2.15. The molecule has 5 nitrogen and oxygen atoms in total. The van der Waals surface area contributed by atoms with Gasteiger partial charge in [0, 0.05) is 24.8 Å². The van der Waals surface area contributed by atoms with Crippen molar-refractivity contribution in [1.82, 2.24) is 14.5 Å². The van der Waals surface area contributed by atoms with E-state index in [1.807, 2.05) is 24.6 Å². The van der Waals surface area contributed by atoms with Gasteiger partial charge in [0.15, 0.2) is 5.65 Å². The van der Waals surface area contributed by atoms with Crippen molar-refractivity contribution in [2.24, 2.45) is 12.8 Å². The Morgan fingerprint density at radius 2 is 2.19 bits per heavy atom. The van der Waals surface area contributed by atoms with E-state index in [4.69, 9.17) is 5.73 Å². The molecule has 2 atom stereocenters. The first-order valence-corrected chi connectivity index (χ1v) is 5.23. The van der Waals surface area contributed by atoms with Crippen molar-refractivity contribution in [3.8, 4) is 0 Å². The Morgan fingerprint density at radius 1 is 1.50 bits per heavy atom. The van der Waals surface area contributed by atoms with Crippen molar-refractivity contribution in [2.75, 3.05) is 0 Å². The Morgan fingerprint density at radius 3 is 2.81 bits per heavy atom. The summed E-state index contributed by atoms with van der Waals surface area (Å²) in [5.74, 6) is 0.898. The summed E-state index contributed by atoms with van der Waals surface area (Å²) < 4.78 is 1.91. The van der Waals surface area contributed by atoms with Crippen molar-refractivity contribution in [1.29, 1.82) is 0 Å². The van der Waals surface area contributed by atoms with E-state index >= 15 is 0 Å². The van der Waals surface area contributed by atoms with Gasteiger partial charge in [0.1, 0.15) is 11.3 Å². The van der Waals surface area contributed by atoms with E-state index in [2.05, 4.69) is 9.97 Å². The van der Waals surface area contributed by atoms with Crippen LogP contribution in [-0.2, 0) is 7.05 Å². The fraction of sp³-hybridized carbons (Fsp3) is 0.455. The average molecular weight is 220 g/mol. The summed E-state index contributed by atoms with van der Waals surface area (Å²) in [7, 11) is 1.92. The largest absolute Gasteiger partial charge is 0.387 e. The number of aryl methyl sites for hydroxylation is 2. The molecule has 0 saturated heterocycles.